The second-order valence-electron chi connectivity index (χ2n) is 1.90. The standard InChI is InChI=1S/C7H15N.ClH/c1-4-7(3)6-8-5-2;/h6,8H,4-5H2,1-3H3;1H. The average molecular weight is 150 g/mol. The molecule has 0 saturated carbocycles. The molecule has 0 aromatic rings. The number of nitrogens with one attached hydrogen (secondary N) is 1. The molecule has 0 aliphatic rings. The van der Waals surface area contributed by atoms with Crippen LogP contribution < -0.4 is 5.32 Å². The monoisotopic (exact) mass is 149 g/mol. The Morgan fingerprint density at radius 3 is 2.33 bits per heavy atom. The zero-order chi connectivity index (χ0) is 6.41. The lowest BCUT2D eigenvalue weighted by atomic mass is 10.3. The van der Waals surface area contributed by atoms with Crippen LogP contribution in [0.4, 0.5) is 0 Å². The van der Waals surface area contributed by atoms with Crippen LogP contribution in [0, 0.1) is 0 Å². The minimum absolute atomic E-state index is 0. The average Bonchev–Trinajstić information content (AvgIpc) is 1.83. The van der Waals surface area contributed by atoms with Crippen molar-refractivity contribution in [3.8, 4) is 0 Å². The third-order valence-electron chi connectivity index (χ3n) is 1.11. The maximum absolute atomic E-state index is 3.14. The Hall–Kier alpha value is -0.170. The topological polar surface area (TPSA) is 12.0 Å². The molecule has 9 heavy (non-hydrogen) atoms. The maximum atomic E-state index is 3.14. The molecule has 0 aromatic carbocycles. The highest BCUT2D eigenvalue weighted by Crippen LogP contribution is 1.93. The molecule has 1 nitrogen and oxygen atoms in total. The molecule has 0 saturated heterocycles. The molecule has 0 amide bonds. The number of rotatable bonds is 3. The lowest BCUT2D eigenvalue weighted by Crippen LogP contribution is -2.02. The van der Waals surface area contributed by atoms with Crippen molar-refractivity contribution in [2.24, 2.45) is 0 Å². The van der Waals surface area contributed by atoms with Crippen molar-refractivity contribution in [1.29, 1.82) is 0 Å². The van der Waals surface area contributed by atoms with Gasteiger partial charge in [0.1, 0.15) is 0 Å². The highest BCUT2D eigenvalue weighted by molar-refractivity contribution is 5.85. The van der Waals surface area contributed by atoms with Gasteiger partial charge in [0.05, 0.1) is 0 Å². The van der Waals surface area contributed by atoms with E-state index in [-0.39, 0.29) is 12.4 Å². The van der Waals surface area contributed by atoms with Crippen LogP contribution in [0.3, 0.4) is 0 Å². The van der Waals surface area contributed by atoms with E-state index in [0.29, 0.717) is 0 Å². The van der Waals surface area contributed by atoms with Gasteiger partial charge in [-0.1, -0.05) is 12.5 Å². The van der Waals surface area contributed by atoms with Crippen LogP contribution in [-0.2, 0) is 0 Å². The first-order valence-electron chi connectivity index (χ1n) is 3.20. The first-order chi connectivity index (χ1) is 3.81. The largest absolute Gasteiger partial charge is 0.391 e. The molecule has 0 atom stereocenters. The molecular weight excluding hydrogens is 134 g/mol. The Morgan fingerprint density at radius 2 is 2.00 bits per heavy atom. The summed E-state index contributed by atoms with van der Waals surface area (Å²) in [6, 6.07) is 0. The van der Waals surface area contributed by atoms with Crippen LogP contribution in [0.2, 0.25) is 0 Å². The van der Waals surface area contributed by atoms with E-state index in [0.717, 1.165) is 13.0 Å². The van der Waals surface area contributed by atoms with E-state index in [1.165, 1.54) is 5.57 Å². The van der Waals surface area contributed by atoms with Crippen LogP contribution in [0.5, 0.6) is 0 Å². The molecule has 0 aromatic heterocycles. The van der Waals surface area contributed by atoms with Crippen molar-refractivity contribution in [2.45, 2.75) is 27.2 Å². The van der Waals surface area contributed by atoms with E-state index in [1.807, 2.05) is 0 Å². The summed E-state index contributed by atoms with van der Waals surface area (Å²) in [5.41, 5.74) is 1.41. The predicted molar refractivity (Wildman–Crippen MR) is 45.0 cm³/mol. The molecule has 56 valence electrons. The van der Waals surface area contributed by atoms with E-state index in [2.05, 4.69) is 32.3 Å². The Balaban J connectivity index is 0. The van der Waals surface area contributed by atoms with Gasteiger partial charge in [-0.25, -0.2) is 0 Å². The van der Waals surface area contributed by atoms with E-state index in [4.69, 9.17) is 0 Å². The van der Waals surface area contributed by atoms with Crippen molar-refractivity contribution in [1.82, 2.24) is 5.32 Å². The van der Waals surface area contributed by atoms with Gasteiger partial charge in [0, 0.05) is 6.54 Å². The predicted octanol–water partition coefficient (Wildman–Crippen LogP) is 2.33. The first-order valence-corrected chi connectivity index (χ1v) is 3.20. The fraction of sp³-hybridized carbons (Fsp3) is 0.714. The Kier molecular flexibility index (Phi) is 10.1. The molecule has 1 N–H and O–H groups in total. The third-order valence-corrected chi connectivity index (χ3v) is 1.11. The van der Waals surface area contributed by atoms with Gasteiger partial charge in [-0.3, -0.25) is 0 Å². The molecule has 0 rings (SSSR count). The molecule has 0 unspecified atom stereocenters. The molecule has 0 aliphatic carbocycles. The summed E-state index contributed by atoms with van der Waals surface area (Å²) in [7, 11) is 0. The van der Waals surface area contributed by atoms with Gasteiger partial charge >= 0.3 is 0 Å². The van der Waals surface area contributed by atoms with Gasteiger partial charge < -0.3 is 5.32 Å². The number of hydrogen-bond acceptors (Lipinski definition) is 1. The van der Waals surface area contributed by atoms with E-state index < -0.39 is 0 Å². The molecule has 0 radical (unpaired) electrons. The van der Waals surface area contributed by atoms with Gasteiger partial charge in [-0.15, -0.1) is 12.4 Å². The smallest absolute Gasteiger partial charge is 0.0113 e. The second kappa shape index (κ2) is 7.83. The number of halogens is 1. The van der Waals surface area contributed by atoms with Crippen molar-refractivity contribution in [2.75, 3.05) is 6.54 Å². The Labute approximate surface area is 63.9 Å². The van der Waals surface area contributed by atoms with Gasteiger partial charge in [-0.2, -0.15) is 0 Å². The van der Waals surface area contributed by atoms with E-state index in [1.54, 1.807) is 0 Å². The van der Waals surface area contributed by atoms with Crippen molar-refractivity contribution in [3.63, 3.8) is 0 Å². The second-order valence-corrected chi connectivity index (χ2v) is 1.90. The molecule has 0 fully saturated rings. The minimum atomic E-state index is 0. The SMILES string of the molecule is CCNC=C(C)CC.Cl. The van der Waals surface area contributed by atoms with Gasteiger partial charge in [-0.05, 0) is 26.5 Å². The lowest BCUT2D eigenvalue weighted by molar-refractivity contribution is 0.894. The van der Waals surface area contributed by atoms with Crippen molar-refractivity contribution >= 4 is 12.4 Å². The first kappa shape index (κ1) is 11.6. The summed E-state index contributed by atoms with van der Waals surface area (Å²) in [5, 5.41) is 3.14. The zero-order valence-electron chi connectivity index (χ0n) is 6.40. The van der Waals surface area contributed by atoms with Crippen LogP contribution >= 0.6 is 12.4 Å². The number of hydrogen-bond donors (Lipinski definition) is 1. The Morgan fingerprint density at radius 1 is 1.44 bits per heavy atom. The summed E-state index contributed by atoms with van der Waals surface area (Å²) in [6.07, 6.45) is 3.22. The molecule has 2 heteroatoms. The highest BCUT2D eigenvalue weighted by Gasteiger charge is 1.78. The van der Waals surface area contributed by atoms with Gasteiger partial charge in [0.15, 0.2) is 0 Å². The molecule has 0 aliphatic heterocycles. The summed E-state index contributed by atoms with van der Waals surface area (Å²) >= 11 is 0. The quantitative estimate of drug-likeness (QED) is 0.650. The van der Waals surface area contributed by atoms with Crippen LogP contribution in [0.1, 0.15) is 27.2 Å². The normalized spacial score (nSPS) is 10.3. The molecule has 0 bridgehead atoms. The summed E-state index contributed by atoms with van der Waals surface area (Å²) in [6.45, 7) is 7.41. The fourth-order valence-electron chi connectivity index (χ4n) is 0.378. The Bertz CT molecular complexity index is 79.0. The van der Waals surface area contributed by atoms with E-state index >= 15 is 0 Å². The molecule has 0 spiro atoms. The van der Waals surface area contributed by atoms with Crippen molar-refractivity contribution in [3.05, 3.63) is 11.8 Å². The van der Waals surface area contributed by atoms with Crippen molar-refractivity contribution < 1.29 is 0 Å². The fourth-order valence-corrected chi connectivity index (χ4v) is 0.378. The van der Waals surface area contributed by atoms with Gasteiger partial charge in [0.25, 0.3) is 0 Å². The van der Waals surface area contributed by atoms with E-state index in [9.17, 15) is 0 Å². The maximum Gasteiger partial charge on any atom is 0.0113 e. The van der Waals surface area contributed by atoms with Crippen LogP contribution in [0.25, 0.3) is 0 Å². The van der Waals surface area contributed by atoms with Crippen LogP contribution in [-0.4, -0.2) is 6.54 Å². The van der Waals surface area contributed by atoms with Gasteiger partial charge in [0.2, 0.25) is 0 Å². The molecule has 0 heterocycles. The minimum Gasteiger partial charge on any atom is -0.391 e. The number of allylic oxidation sites excluding steroid dienone is 1. The molecular formula is C7H16ClN. The van der Waals surface area contributed by atoms with Crippen LogP contribution in [0.15, 0.2) is 11.8 Å². The summed E-state index contributed by atoms with van der Waals surface area (Å²) in [4.78, 5) is 0. The summed E-state index contributed by atoms with van der Waals surface area (Å²) < 4.78 is 0. The lowest BCUT2D eigenvalue weighted by Gasteiger charge is -1.95. The third kappa shape index (κ3) is 7.83. The highest BCUT2D eigenvalue weighted by atomic mass is 35.5. The summed E-state index contributed by atoms with van der Waals surface area (Å²) in [5.74, 6) is 0. The zero-order valence-corrected chi connectivity index (χ0v) is 7.22.